The van der Waals surface area contributed by atoms with E-state index in [4.69, 9.17) is 14.2 Å². The van der Waals surface area contributed by atoms with Crippen molar-refractivity contribution >= 4 is 17.3 Å². The maximum absolute atomic E-state index is 12.2. The van der Waals surface area contributed by atoms with Gasteiger partial charge in [-0.3, -0.25) is 4.79 Å². The van der Waals surface area contributed by atoms with Gasteiger partial charge in [0.15, 0.2) is 18.1 Å². The van der Waals surface area contributed by atoms with Gasteiger partial charge in [0.05, 0.1) is 0 Å². The fraction of sp³-hybridized carbons (Fsp3) is 0.350. The first kappa shape index (κ1) is 16.6. The Morgan fingerprint density at radius 2 is 1.92 bits per heavy atom. The minimum Gasteiger partial charge on any atom is -0.484 e. The molecule has 1 N–H and O–H groups in total. The highest BCUT2D eigenvalue weighted by atomic mass is 16.7. The molecule has 2 aliphatic heterocycles. The Morgan fingerprint density at radius 1 is 1.12 bits per heavy atom. The topological polar surface area (TPSA) is 60.0 Å². The summed E-state index contributed by atoms with van der Waals surface area (Å²) in [5.41, 5.74) is 3.08. The summed E-state index contributed by atoms with van der Waals surface area (Å²) in [6.45, 7) is 4.37. The molecule has 0 spiro atoms. The van der Waals surface area contributed by atoms with Crippen molar-refractivity contribution in [3.05, 3.63) is 42.0 Å². The highest BCUT2D eigenvalue weighted by Crippen LogP contribution is 2.35. The summed E-state index contributed by atoms with van der Waals surface area (Å²) in [6, 6.07) is 11.4. The third kappa shape index (κ3) is 3.54. The first-order chi connectivity index (χ1) is 12.7. The van der Waals surface area contributed by atoms with Gasteiger partial charge in [-0.05, 0) is 55.7 Å². The molecule has 0 aromatic heterocycles. The number of rotatable bonds is 5. The Morgan fingerprint density at radius 3 is 2.73 bits per heavy atom. The van der Waals surface area contributed by atoms with E-state index in [-0.39, 0.29) is 19.3 Å². The summed E-state index contributed by atoms with van der Waals surface area (Å²) in [7, 11) is 0. The first-order valence-electron chi connectivity index (χ1n) is 8.87. The minimum absolute atomic E-state index is 0.0625. The van der Waals surface area contributed by atoms with Crippen molar-refractivity contribution in [2.75, 3.05) is 36.7 Å². The van der Waals surface area contributed by atoms with Crippen LogP contribution in [0.1, 0.15) is 18.4 Å². The van der Waals surface area contributed by atoms with Crippen LogP contribution in [0, 0.1) is 6.92 Å². The van der Waals surface area contributed by atoms with Gasteiger partial charge in [0.25, 0.3) is 5.91 Å². The number of carbonyl (C=O) groups is 1. The predicted octanol–water partition coefficient (Wildman–Crippen LogP) is 3.34. The van der Waals surface area contributed by atoms with E-state index in [1.165, 1.54) is 18.5 Å². The third-order valence-electron chi connectivity index (χ3n) is 4.67. The van der Waals surface area contributed by atoms with E-state index in [1.54, 1.807) is 18.2 Å². The molecule has 0 saturated carbocycles. The summed E-state index contributed by atoms with van der Waals surface area (Å²) >= 11 is 0. The van der Waals surface area contributed by atoms with Gasteiger partial charge in [-0.1, -0.05) is 0 Å². The van der Waals surface area contributed by atoms with E-state index >= 15 is 0 Å². The molecule has 0 radical (unpaired) electrons. The van der Waals surface area contributed by atoms with E-state index in [2.05, 4.69) is 22.3 Å². The molecule has 2 aromatic carbocycles. The van der Waals surface area contributed by atoms with Crippen LogP contribution >= 0.6 is 0 Å². The van der Waals surface area contributed by atoms with Gasteiger partial charge in [0.1, 0.15) is 5.75 Å². The Labute approximate surface area is 152 Å². The van der Waals surface area contributed by atoms with Crippen LogP contribution in [0.5, 0.6) is 17.2 Å². The molecule has 6 heteroatoms. The number of benzene rings is 2. The molecule has 1 amide bonds. The van der Waals surface area contributed by atoms with Crippen LogP contribution in [0.2, 0.25) is 0 Å². The standard InChI is InChI=1S/C20H22N2O4/c1-14-10-15(22-8-2-3-9-22)4-6-17(14)21-20(23)12-24-16-5-7-18-19(11-16)26-13-25-18/h4-7,10-11H,2-3,8-9,12-13H2,1H3,(H,21,23). The maximum Gasteiger partial charge on any atom is 0.262 e. The first-order valence-corrected chi connectivity index (χ1v) is 8.87. The Hall–Kier alpha value is -2.89. The summed E-state index contributed by atoms with van der Waals surface area (Å²) in [4.78, 5) is 14.6. The Balaban J connectivity index is 1.34. The number of nitrogens with one attached hydrogen (secondary N) is 1. The quantitative estimate of drug-likeness (QED) is 0.892. The lowest BCUT2D eigenvalue weighted by Crippen LogP contribution is -2.21. The summed E-state index contributed by atoms with van der Waals surface area (Å²) in [6.07, 6.45) is 2.49. The smallest absolute Gasteiger partial charge is 0.262 e. The van der Waals surface area contributed by atoms with Crippen LogP contribution in [0.25, 0.3) is 0 Å². The molecule has 0 unspecified atom stereocenters. The molecular formula is C20H22N2O4. The number of amides is 1. The molecule has 0 bridgehead atoms. The van der Waals surface area contributed by atoms with Gasteiger partial charge in [-0.15, -0.1) is 0 Å². The average Bonchev–Trinajstić information content (AvgIpc) is 3.33. The molecule has 2 aliphatic rings. The molecule has 0 atom stereocenters. The summed E-state index contributed by atoms with van der Waals surface area (Å²) in [5, 5.41) is 2.91. The SMILES string of the molecule is Cc1cc(N2CCCC2)ccc1NC(=O)COc1ccc2c(c1)OCO2. The molecule has 1 fully saturated rings. The van der Waals surface area contributed by atoms with E-state index in [9.17, 15) is 4.79 Å². The van der Waals surface area contributed by atoms with Crippen molar-refractivity contribution in [3.8, 4) is 17.2 Å². The van der Waals surface area contributed by atoms with Crippen molar-refractivity contribution in [1.82, 2.24) is 0 Å². The Bertz CT molecular complexity index is 815. The molecule has 4 rings (SSSR count). The van der Waals surface area contributed by atoms with Crippen LogP contribution < -0.4 is 24.4 Å². The van der Waals surface area contributed by atoms with E-state index < -0.39 is 0 Å². The number of hydrogen-bond donors (Lipinski definition) is 1. The lowest BCUT2D eigenvalue weighted by molar-refractivity contribution is -0.118. The van der Waals surface area contributed by atoms with Crippen molar-refractivity contribution < 1.29 is 19.0 Å². The number of anilines is 2. The Kier molecular flexibility index (Phi) is 4.56. The van der Waals surface area contributed by atoms with E-state index in [1.807, 2.05) is 13.0 Å². The normalized spacial score (nSPS) is 15.2. The second-order valence-electron chi connectivity index (χ2n) is 6.55. The number of fused-ring (bicyclic) bond motifs is 1. The second kappa shape index (κ2) is 7.15. The third-order valence-corrected chi connectivity index (χ3v) is 4.67. The molecule has 2 aromatic rings. The van der Waals surface area contributed by atoms with Crippen LogP contribution in [0.3, 0.4) is 0 Å². The highest BCUT2D eigenvalue weighted by molar-refractivity contribution is 5.92. The zero-order valence-electron chi connectivity index (χ0n) is 14.8. The molecule has 2 heterocycles. The molecule has 136 valence electrons. The van der Waals surface area contributed by atoms with E-state index in [0.29, 0.717) is 17.2 Å². The number of ether oxygens (including phenoxy) is 3. The lowest BCUT2D eigenvalue weighted by Gasteiger charge is -2.19. The van der Waals surface area contributed by atoms with Crippen LogP contribution in [0.15, 0.2) is 36.4 Å². The van der Waals surface area contributed by atoms with Crippen molar-refractivity contribution in [2.24, 2.45) is 0 Å². The maximum atomic E-state index is 12.2. The summed E-state index contributed by atoms with van der Waals surface area (Å²) in [5.74, 6) is 1.71. The van der Waals surface area contributed by atoms with Crippen LogP contribution in [0.4, 0.5) is 11.4 Å². The molecule has 6 nitrogen and oxygen atoms in total. The molecular weight excluding hydrogens is 332 g/mol. The largest absolute Gasteiger partial charge is 0.484 e. The zero-order valence-corrected chi connectivity index (χ0v) is 14.8. The lowest BCUT2D eigenvalue weighted by atomic mass is 10.1. The fourth-order valence-electron chi connectivity index (χ4n) is 3.26. The highest BCUT2D eigenvalue weighted by Gasteiger charge is 2.15. The van der Waals surface area contributed by atoms with Gasteiger partial charge in [0, 0.05) is 30.5 Å². The van der Waals surface area contributed by atoms with Crippen molar-refractivity contribution in [3.63, 3.8) is 0 Å². The minimum atomic E-state index is -0.195. The number of nitrogens with zero attached hydrogens (tertiary/aromatic N) is 1. The van der Waals surface area contributed by atoms with Gasteiger partial charge in [-0.25, -0.2) is 0 Å². The van der Waals surface area contributed by atoms with Gasteiger partial charge < -0.3 is 24.4 Å². The van der Waals surface area contributed by atoms with Crippen LogP contribution in [-0.4, -0.2) is 32.4 Å². The molecule has 26 heavy (non-hydrogen) atoms. The van der Waals surface area contributed by atoms with Gasteiger partial charge >= 0.3 is 0 Å². The molecule has 0 aliphatic carbocycles. The average molecular weight is 354 g/mol. The molecule has 1 saturated heterocycles. The van der Waals surface area contributed by atoms with Crippen molar-refractivity contribution in [2.45, 2.75) is 19.8 Å². The van der Waals surface area contributed by atoms with Gasteiger partial charge in [-0.2, -0.15) is 0 Å². The second-order valence-corrected chi connectivity index (χ2v) is 6.55. The summed E-state index contributed by atoms with van der Waals surface area (Å²) < 4.78 is 16.1. The zero-order chi connectivity index (χ0) is 17.9. The fourth-order valence-corrected chi connectivity index (χ4v) is 3.26. The number of carbonyl (C=O) groups excluding carboxylic acids is 1. The number of hydrogen-bond acceptors (Lipinski definition) is 5. The number of aryl methyl sites for hydroxylation is 1. The monoisotopic (exact) mass is 354 g/mol. The predicted molar refractivity (Wildman–Crippen MR) is 99.3 cm³/mol. The van der Waals surface area contributed by atoms with Crippen molar-refractivity contribution in [1.29, 1.82) is 0 Å². The van der Waals surface area contributed by atoms with Crippen LogP contribution in [-0.2, 0) is 4.79 Å². The van der Waals surface area contributed by atoms with Gasteiger partial charge in [0.2, 0.25) is 6.79 Å². The van der Waals surface area contributed by atoms with E-state index in [0.717, 1.165) is 24.3 Å².